The molecule has 0 bridgehead atoms. The van der Waals surface area contributed by atoms with E-state index in [4.69, 9.17) is 21.4 Å². The standard InChI is InChI=1S/C15H19ClN2O4/c1-22-13(10-3-2-4-12(16)7-10)8-17-15(21)18-6-5-11(9-18)14(19)20/h2-4,7,11,13H,5-6,8-9H2,1H3,(H,17,21)(H,19,20). The van der Waals surface area contributed by atoms with Crippen molar-refractivity contribution < 1.29 is 19.4 Å². The Morgan fingerprint density at radius 2 is 2.32 bits per heavy atom. The number of aliphatic carboxylic acids is 1. The molecule has 2 amide bonds. The average Bonchev–Trinajstić information content (AvgIpc) is 2.98. The maximum Gasteiger partial charge on any atom is 0.317 e. The fourth-order valence-electron chi connectivity index (χ4n) is 2.48. The first-order valence-electron chi connectivity index (χ1n) is 7.05. The van der Waals surface area contributed by atoms with Crippen molar-refractivity contribution in [2.45, 2.75) is 12.5 Å². The quantitative estimate of drug-likeness (QED) is 0.869. The minimum atomic E-state index is -0.857. The Hall–Kier alpha value is -1.79. The molecule has 1 aliphatic heterocycles. The highest BCUT2D eigenvalue weighted by molar-refractivity contribution is 6.30. The van der Waals surface area contributed by atoms with Gasteiger partial charge in [0.15, 0.2) is 0 Å². The van der Waals surface area contributed by atoms with Crippen molar-refractivity contribution in [1.82, 2.24) is 10.2 Å². The number of amides is 2. The number of carboxylic acids is 1. The smallest absolute Gasteiger partial charge is 0.317 e. The van der Waals surface area contributed by atoms with E-state index in [1.165, 1.54) is 4.90 Å². The van der Waals surface area contributed by atoms with E-state index in [0.717, 1.165) is 5.56 Å². The van der Waals surface area contributed by atoms with Crippen LogP contribution in [0.4, 0.5) is 4.79 Å². The normalized spacial score (nSPS) is 19.0. The van der Waals surface area contributed by atoms with Crippen molar-refractivity contribution in [1.29, 1.82) is 0 Å². The van der Waals surface area contributed by atoms with Crippen molar-refractivity contribution in [2.75, 3.05) is 26.7 Å². The number of hydrogen-bond acceptors (Lipinski definition) is 3. The van der Waals surface area contributed by atoms with Crippen LogP contribution >= 0.6 is 11.6 Å². The van der Waals surface area contributed by atoms with E-state index in [9.17, 15) is 9.59 Å². The third kappa shape index (κ3) is 4.11. The molecule has 2 rings (SSSR count). The number of nitrogens with one attached hydrogen (secondary N) is 1. The lowest BCUT2D eigenvalue weighted by Crippen LogP contribution is -2.40. The number of ether oxygens (including phenoxy) is 1. The summed E-state index contributed by atoms with van der Waals surface area (Å²) in [5, 5.41) is 12.3. The molecule has 7 heteroatoms. The Morgan fingerprint density at radius 1 is 1.55 bits per heavy atom. The second-order valence-electron chi connectivity index (χ2n) is 5.24. The summed E-state index contributed by atoms with van der Waals surface area (Å²) in [6, 6.07) is 6.99. The van der Waals surface area contributed by atoms with Crippen molar-refractivity contribution in [2.24, 2.45) is 5.92 Å². The molecule has 2 atom stereocenters. The van der Waals surface area contributed by atoms with E-state index in [1.807, 2.05) is 12.1 Å². The SMILES string of the molecule is COC(CNC(=O)N1CCC(C(=O)O)C1)c1cccc(Cl)c1. The number of urea groups is 1. The zero-order valence-corrected chi connectivity index (χ0v) is 13.0. The topological polar surface area (TPSA) is 78.9 Å². The number of halogens is 1. The molecule has 1 fully saturated rings. The van der Waals surface area contributed by atoms with Gasteiger partial charge >= 0.3 is 12.0 Å². The van der Waals surface area contributed by atoms with Gasteiger partial charge in [0, 0.05) is 31.8 Å². The number of methoxy groups -OCH3 is 1. The highest BCUT2D eigenvalue weighted by atomic mass is 35.5. The summed E-state index contributed by atoms with van der Waals surface area (Å²) in [4.78, 5) is 24.5. The molecule has 2 unspecified atom stereocenters. The van der Waals surface area contributed by atoms with Gasteiger partial charge in [0.2, 0.25) is 0 Å². The van der Waals surface area contributed by atoms with Crippen molar-refractivity contribution >= 4 is 23.6 Å². The molecule has 6 nitrogen and oxygen atoms in total. The monoisotopic (exact) mass is 326 g/mol. The fraction of sp³-hybridized carbons (Fsp3) is 0.467. The van der Waals surface area contributed by atoms with Gasteiger partial charge in [-0.05, 0) is 24.1 Å². The molecule has 1 aromatic rings. The van der Waals surface area contributed by atoms with Crippen LogP contribution in [0.1, 0.15) is 18.1 Å². The predicted octanol–water partition coefficient (Wildman–Crippen LogP) is 2.14. The van der Waals surface area contributed by atoms with Gasteiger partial charge in [-0.1, -0.05) is 23.7 Å². The van der Waals surface area contributed by atoms with Gasteiger partial charge in [-0.15, -0.1) is 0 Å². The Bertz CT molecular complexity index is 552. The number of likely N-dealkylation sites (tertiary alicyclic amines) is 1. The highest BCUT2D eigenvalue weighted by Gasteiger charge is 2.30. The summed E-state index contributed by atoms with van der Waals surface area (Å²) in [5.41, 5.74) is 0.875. The summed E-state index contributed by atoms with van der Waals surface area (Å²) in [7, 11) is 1.56. The first-order valence-corrected chi connectivity index (χ1v) is 7.43. The summed E-state index contributed by atoms with van der Waals surface area (Å²) < 4.78 is 5.38. The second-order valence-corrected chi connectivity index (χ2v) is 5.67. The Balaban J connectivity index is 1.88. The van der Waals surface area contributed by atoms with Crippen LogP contribution in [0.25, 0.3) is 0 Å². The Kier molecular flexibility index (Phi) is 5.63. The number of nitrogens with zero attached hydrogens (tertiary/aromatic N) is 1. The van der Waals surface area contributed by atoms with Crippen molar-refractivity contribution in [3.05, 3.63) is 34.9 Å². The molecule has 1 aliphatic rings. The lowest BCUT2D eigenvalue weighted by molar-refractivity contribution is -0.141. The first-order chi connectivity index (χ1) is 10.5. The lowest BCUT2D eigenvalue weighted by atomic mass is 10.1. The van der Waals surface area contributed by atoms with Crippen molar-refractivity contribution in [3.8, 4) is 0 Å². The maximum absolute atomic E-state index is 12.1. The van der Waals surface area contributed by atoms with Gasteiger partial charge in [-0.3, -0.25) is 4.79 Å². The number of benzene rings is 1. The number of carboxylic acid groups (broad SMARTS) is 1. The Morgan fingerprint density at radius 3 is 2.91 bits per heavy atom. The summed E-state index contributed by atoms with van der Waals surface area (Å²) in [5.74, 6) is -1.33. The summed E-state index contributed by atoms with van der Waals surface area (Å²) >= 11 is 5.95. The van der Waals surface area contributed by atoms with E-state index >= 15 is 0 Å². The van der Waals surface area contributed by atoms with E-state index in [2.05, 4.69) is 5.32 Å². The molecular weight excluding hydrogens is 308 g/mol. The number of carbonyl (C=O) groups excluding carboxylic acids is 1. The van der Waals surface area contributed by atoms with Crippen molar-refractivity contribution in [3.63, 3.8) is 0 Å². The molecular formula is C15H19ClN2O4. The highest BCUT2D eigenvalue weighted by Crippen LogP contribution is 2.20. The minimum absolute atomic E-state index is 0.246. The van der Waals surface area contributed by atoms with E-state index in [-0.39, 0.29) is 18.7 Å². The van der Waals surface area contributed by atoms with Gasteiger partial charge in [-0.25, -0.2) is 4.79 Å². The van der Waals surface area contributed by atoms with E-state index in [0.29, 0.717) is 24.5 Å². The molecule has 0 aromatic heterocycles. The molecule has 0 aliphatic carbocycles. The third-order valence-corrected chi connectivity index (χ3v) is 4.00. The zero-order valence-electron chi connectivity index (χ0n) is 12.3. The largest absolute Gasteiger partial charge is 0.481 e. The van der Waals surface area contributed by atoms with Crippen LogP contribution < -0.4 is 5.32 Å². The van der Waals surface area contributed by atoms with Crippen LogP contribution in [0, 0.1) is 5.92 Å². The van der Waals surface area contributed by atoms with Gasteiger partial charge in [0.25, 0.3) is 0 Å². The molecule has 1 saturated heterocycles. The van der Waals surface area contributed by atoms with Crippen LogP contribution in [0.15, 0.2) is 24.3 Å². The average molecular weight is 327 g/mol. The minimum Gasteiger partial charge on any atom is -0.481 e. The maximum atomic E-state index is 12.1. The van der Waals surface area contributed by atoms with Crippen LogP contribution in [0.2, 0.25) is 5.02 Å². The number of hydrogen-bond donors (Lipinski definition) is 2. The van der Waals surface area contributed by atoms with Crippen LogP contribution in [0.5, 0.6) is 0 Å². The summed E-state index contributed by atoms with van der Waals surface area (Å²) in [6.07, 6.45) is 0.186. The molecule has 0 saturated carbocycles. The van der Waals surface area contributed by atoms with Gasteiger partial charge in [-0.2, -0.15) is 0 Å². The van der Waals surface area contributed by atoms with E-state index < -0.39 is 11.9 Å². The molecule has 1 aromatic carbocycles. The zero-order chi connectivity index (χ0) is 16.1. The molecule has 0 radical (unpaired) electrons. The number of rotatable bonds is 5. The number of carbonyl (C=O) groups is 2. The van der Waals surface area contributed by atoms with Crippen LogP contribution in [-0.2, 0) is 9.53 Å². The Labute approximate surface area is 134 Å². The van der Waals surface area contributed by atoms with E-state index in [1.54, 1.807) is 19.2 Å². The summed E-state index contributed by atoms with van der Waals surface area (Å²) in [6.45, 7) is 0.998. The fourth-order valence-corrected chi connectivity index (χ4v) is 2.68. The molecule has 1 heterocycles. The predicted molar refractivity (Wildman–Crippen MR) is 81.9 cm³/mol. The molecule has 2 N–H and O–H groups in total. The van der Waals surface area contributed by atoms with Gasteiger partial charge in [0.1, 0.15) is 0 Å². The molecule has 22 heavy (non-hydrogen) atoms. The first kappa shape index (κ1) is 16.6. The van der Waals surface area contributed by atoms with Gasteiger partial charge < -0.3 is 20.1 Å². The van der Waals surface area contributed by atoms with Crippen LogP contribution in [-0.4, -0.2) is 48.8 Å². The molecule has 120 valence electrons. The van der Waals surface area contributed by atoms with Crippen LogP contribution in [0.3, 0.4) is 0 Å². The molecule has 0 spiro atoms. The third-order valence-electron chi connectivity index (χ3n) is 3.77. The van der Waals surface area contributed by atoms with Gasteiger partial charge in [0.05, 0.1) is 12.0 Å². The lowest BCUT2D eigenvalue weighted by Gasteiger charge is -2.20. The second kappa shape index (κ2) is 7.47.